The van der Waals surface area contributed by atoms with Gasteiger partial charge in [-0.2, -0.15) is 9.82 Å². The molecule has 2 heterocycles. The Labute approximate surface area is 147 Å². The van der Waals surface area contributed by atoms with Crippen LogP contribution < -0.4 is 4.72 Å². The summed E-state index contributed by atoms with van der Waals surface area (Å²) in [4.78, 5) is 14.8. The van der Waals surface area contributed by atoms with E-state index in [1.165, 1.54) is 0 Å². The van der Waals surface area contributed by atoms with Crippen molar-refractivity contribution in [2.45, 2.75) is 37.6 Å². The van der Waals surface area contributed by atoms with Crippen molar-refractivity contribution in [1.82, 2.24) is 19.8 Å². The molecule has 2 aromatic rings. The largest absolute Gasteiger partial charge is 0.341 e. The quantitative estimate of drug-likeness (QED) is 0.846. The van der Waals surface area contributed by atoms with Gasteiger partial charge in [0, 0.05) is 13.1 Å². The van der Waals surface area contributed by atoms with E-state index in [1.807, 2.05) is 6.07 Å². The fraction of sp³-hybridized carbons (Fsp3) is 0.412. The third-order valence-corrected chi connectivity index (χ3v) is 6.08. The molecule has 1 fully saturated rings. The highest BCUT2D eigenvalue weighted by molar-refractivity contribution is 7.89. The number of carbonyl (C=O) groups excluding carboxylic acids is 1. The fourth-order valence-corrected chi connectivity index (χ4v) is 4.73. The molecule has 1 aromatic heterocycles. The summed E-state index contributed by atoms with van der Waals surface area (Å²) in [5.74, 6) is -0.217. The smallest absolute Gasteiger partial charge is 0.245 e. The van der Waals surface area contributed by atoms with E-state index in [0.717, 1.165) is 12.8 Å². The molecular formula is C17H22N4O3S. The van der Waals surface area contributed by atoms with Gasteiger partial charge in [-0.3, -0.25) is 9.89 Å². The van der Waals surface area contributed by atoms with Crippen molar-refractivity contribution in [3.8, 4) is 0 Å². The molecule has 1 amide bonds. The molecule has 0 unspecified atom stereocenters. The normalized spacial score (nSPS) is 16.2. The molecule has 3 rings (SSSR count). The molecule has 1 saturated heterocycles. The van der Waals surface area contributed by atoms with Gasteiger partial charge in [0.2, 0.25) is 15.9 Å². The first-order chi connectivity index (χ1) is 11.9. The van der Waals surface area contributed by atoms with Crippen LogP contribution in [0.15, 0.2) is 35.2 Å². The van der Waals surface area contributed by atoms with Crippen molar-refractivity contribution in [1.29, 1.82) is 0 Å². The summed E-state index contributed by atoms with van der Waals surface area (Å²) >= 11 is 0. The highest BCUT2D eigenvalue weighted by Gasteiger charge is 2.33. The number of aromatic amines is 1. The number of benzene rings is 1. The number of H-pyrrole nitrogens is 1. The van der Waals surface area contributed by atoms with Gasteiger partial charge in [0.15, 0.2) is 0 Å². The highest BCUT2D eigenvalue weighted by Crippen LogP contribution is 2.24. The molecule has 134 valence electrons. The van der Waals surface area contributed by atoms with E-state index >= 15 is 0 Å². The van der Waals surface area contributed by atoms with Gasteiger partial charge >= 0.3 is 0 Å². The molecule has 0 saturated carbocycles. The third-order valence-electron chi connectivity index (χ3n) is 4.40. The summed E-state index contributed by atoms with van der Waals surface area (Å²) in [6.07, 6.45) is 1.89. The van der Waals surface area contributed by atoms with E-state index in [-0.39, 0.29) is 10.8 Å². The van der Waals surface area contributed by atoms with Gasteiger partial charge in [-0.15, -0.1) is 0 Å². The molecule has 8 heteroatoms. The lowest BCUT2D eigenvalue weighted by Crippen LogP contribution is -2.42. The SMILES string of the molecule is Cc1n[nH]c(C)c1S(=O)(=O)N[C@H](C(=O)N1CCCC1)c1ccccc1. The molecule has 0 radical (unpaired) electrons. The minimum atomic E-state index is -3.89. The highest BCUT2D eigenvalue weighted by atomic mass is 32.2. The van der Waals surface area contributed by atoms with E-state index in [1.54, 1.807) is 43.0 Å². The molecule has 1 aliphatic heterocycles. The summed E-state index contributed by atoms with van der Waals surface area (Å²) in [7, 11) is -3.89. The number of sulfonamides is 1. The third kappa shape index (κ3) is 3.59. The first-order valence-electron chi connectivity index (χ1n) is 8.28. The van der Waals surface area contributed by atoms with E-state index < -0.39 is 16.1 Å². The number of aromatic nitrogens is 2. The Morgan fingerprint density at radius 3 is 2.40 bits per heavy atom. The second-order valence-corrected chi connectivity index (χ2v) is 7.91. The van der Waals surface area contributed by atoms with E-state index in [9.17, 15) is 13.2 Å². The van der Waals surface area contributed by atoms with Crippen LogP contribution in [0.4, 0.5) is 0 Å². The lowest BCUT2D eigenvalue weighted by Gasteiger charge is -2.24. The van der Waals surface area contributed by atoms with Gasteiger partial charge in [0.05, 0.1) is 11.4 Å². The van der Waals surface area contributed by atoms with Crippen LogP contribution in [-0.2, 0) is 14.8 Å². The van der Waals surface area contributed by atoms with Crippen LogP contribution in [0.5, 0.6) is 0 Å². The van der Waals surface area contributed by atoms with E-state index in [0.29, 0.717) is 30.0 Å². The van der Waals surface area contributed by atoms with Gasteiger partial charge in [0.25, 0.3) is 0 Å². The Bertz CT molecular complexity index is 836. The van der Waals surface area contributed by atoms with Crippen LogP contribution in [0.2, 0.25) is 0 Å². The molecule has 1 aliphatic rings. The number of aryl methyl sites for hydroxylation is 2. The molecule has 0 bridgehead atoms. The summed E-state index contributed by atoms with van der Waals surface area (Å²) in [6, 6.07) is 7.99. The second kappa shape index (κ2) is 6.97. The number of hydrogen-bond donors (Lipinski definition) is 2. The first-order valence-corrected chi connectivity index (χ1v) is 9.76. The number of likely N-dealkylation sites (tertiary alicyclic amines) is 1. The van der Waals surface area contributed by atoms with Gasteiger partial charge in [-0.1, -0.05) is 30.3 Å². The molecule has 25 heavy (non-hydrogen) atoms. The predicted molar refractivity (Wildman–Crippen MR) is 93.4 cm³/mol. The van der Waals surface area contributed by atoms with Crippen LogP contribution in [0.3, 0.4) is 0 Å². The first kappa shape index (κ1) is 17.6. The number of rotatable bonds is 5. The Kier molecular flexibility index (Phi) is 4.91. The van der Waals surface area contributed by atoms with E-state index in [2.05, 4.69) is 14.9 Å². The summed E-state index contributed by atoms with van der Waals surface area (Å²) in [5.41, 5.74) is 1.46. The standard InChI is InChI=1S/C17H22N4O3S/c1-12-16(13(2)19-18-12)25(23,24)20-15(14-8-4-3-5-9-14)17(22)21-10-6-7-11-21/h3-5,8-9,15,20H,6-7,10-11H2,1-2H3,(H,18,19)/t15-/m0/s1. The lowest BCUT2D eigenvalue weighted by molar-refractivity contribution is -0.132. The minimum absolute atomic E-state index is 0.0997. The maximum atomic E-state index is 12.9. The monoisotopic (exact) mass is 362 g/mol. The Morgan fingerprint density at radius 1 is 1.20 bits per heavy atom. The maximum absolute atomic E-state index is 12.9. The number of nitrogens with one attached hydrogen (secondary N) is 2. The van der Waals surface area contributed by atoms with Gasteiger partial charge < -0.3 is 4.90 Å². The van der Waals surface area contributed by atoms with Gasteiger partial charge in [-0.05, 0) is 32.3 Å². The van der Waals surface area contributed by atoms with Crippen LogP contribution in [0, 0.1) is 13.8 Å². The predicted octanol–water partition coefficient (Wildman–Crippen LogP) is 1.67. The molecule has 0 spiro atoms. The molecule has 2 N–H and O–H groups in total. The summed E-state index contributed by atoms with van der Waals surface area (Å²) in [6.45, 7) is 4.59. The molecule has 1 atom stereocenters. The van der Waals surface area contributed by atoms with Crippen molar-refractivity contribution in [2.75, 3.05) is 13.1 Å². The van der Waals surface area contributed by atoms with E-state index in [4.69, 9.17) is 0 Å². The zero-order chi connectivity index (χ0) is 18.0. The minimum Gasteiger partial charge on any atom is -0.341 e. The van der Waals surface area contributed by atoms with Crippen LogP contribution in [0.25, 0.3) is 0 Å². The Balaban J connectivity index is 1.96. The summed E-state index contributed by atoms with van der Waals surface area (Å²) in [5, 5.41) is 6.62. The fourth-order valence-electron chi connectivity index (χ4n) is 3.18. The number of hydrogen-bond acceptors (Lipinski definition) is 4. The Morgan fingerprint density at radius 2 is 1.84 bits per heavy atom. The van der Waals surface area contributed by atoms with Crippen molar-refractivity contribution >= 4 is 15.9 Å². The van der Waals surface area contributed by atoms with Crippen LogP contribution >= 0.6 is 0 Å². The van der Waals surface area contributed by atoms with Crippen molar-refractivity contribution in [2.24, 2.45) is 0 Å². The average Bonchev–Trinajstić information content (AvgIpc) is 3.23. The average molecular weight is 362 g/mol. The Hall–Kier alpha value is -2.19. The van der Waals surface area contributed by atoms with Crippen LogP contribution in [0.1, 0.15) is 35.8 Å². The molecule has 0 aliphatic carbocycles. The topological polar surface area (TPSA) is 95.2 Å². The lowest BCUT2D eigenvalue weighted by atomic mass is 10.1. The van der Waals surface area contributed by atoms with Crippen molar-refractivity contribution in [3.63, 3.8) is 0 Å². The van der Waals surface area contributed by atoms with Gasteiger partial charge in [0.1, 0.15) is 10.9 Å². The number of carbonyl (C=O) groups is 1. The van der Waals surface area contributed by atoms with Crippen LogP contribution in [-0.4, -0.2) is 42.5 Å². The zero-order valence-corrected chi connectivity index (χ0v) is 15.1. The molecule has 7 nitrogen and oxygen atoms in total. The second-order valence-electron chi connectivity index (χ2n) is 6.26. The zero-order valence-electron chi connectivity index (χ0n) is 14.3. The number of amides is 1. The number of nitrogens with zero attached hydrogens (tertiary/aromatic N) is 2. The molecular weight excluding hydrogens is 340 g/mol. The molecule has 1 aromatic carbocycles. The summed E-state index contributed by atoms with van der Waals surface area (Å²) < 4.78 is 28.4. The van der Waals surface area contributed by atoms with Crippen molar-refractivity contribution in [3.05, 3.63) is 47.3 Å². The van der Waals surface area contributed by atoms with Gasteiger partial charge in [-0.25, -0.2) is 8.42 Å². The maximum Gasteiger partial charge on any atom is 0.245 e. The van der Waals surface area contributed by atoms with Crippen molar-refractivity contribution < 1.29 is 13.2 Å².